The minimum Gasteiger partial charge on any atom is -0.383 e. The van der Waals surface area contributed by atoms with Crippen molar-refractivity contribution in [3.05, 3.63) is 77.7 Å². The number of carbonyl (C=O) groups excluding carboxylic acids is 2. The molecule has 0 saturated carbocycles. The molecule has 3 aromatic rings. The van der Waals surface area contributed by atoms with Crippen molar-refractivity contribution in [3.8, 4) is 5.69 Å². The third-order valence-corrected chi connectivity index (χ3v) is 5.35. The summed E-state index contributed by atoms with van der Waals surface area (Å²) in [4.78, 5) is 25.9. The largest absolute Gasteiger partial charge is 0.420 e. The molecule has 0 bridgehead atoms. The summed E-state index contributed by atoms with van der Waals surface area (Å²) in [6.45, 7) is -1.39. The van der Waals surface area contributed by atoms with Gasteiger partial charge in [-0.2, -0.15) is 18.3 Å². The summed E-state index contributed by atoms with van der Waals surface area (Å²) in [6.07, 6.45) is -4.15. The molecule has 0 radical (unpaired) electrons. The zero-order valence-corrected chi connectivity index (χ0v) is 18.6. The van der Waals surface area contributed by atoms with Crippen LogP contribution in [0.2, 0.25) is 0 Å². The molecule has 0 spiro atoms. The van der Waals surface area contributed by atoms with E-state index in [1.807, 2.05) is 5.32 Å². The van der Waals surface area contributed by atoms with E-state index in [0.717, 1.165) is 18.3 Å². The zero-order valence-electron chi connectivity index (χ0n) is 18.6. The van der Waals surface area contributed by atoms with Crippen molar-refractivity contribution in [2.75, 3.05) is 25.4 Å². The molecule has 0 aliphatic carbocycles. The maximum Gasteiger partial charge on any atom is 0.420 e. The first-order valence-electron chi connectivity index (χ1n) is 10.5. The van der Waals surface area contributed by atoms with Crippen molar-refractivity contribution >= 4 is 17.6 Å². The number of nitrogens with two attached hydrogens (primary N) is 1. The number of nitrogen functional groups attached to an aromatic ring is 1. The number of carbonyl (C=O) groups is 2. The Morgan fingerprint density at radius 1 is 1.09 bits per heavy atom. The number of nitrogens with zero attached hydrogens (tertiary/aromatic N) is 3. The van der Waals surface area contributed by atoms with Gasteiger partial charge in [0.15, 0.2) is 5.60 Å². The number of amides is 2. The van der Waals surface area contributed by atoms with Crippen LogP contribution in [-0.4, -0.2) is 63.0 Å². The zero-order chi connectivity index (χ0) is 25.8. The molecular weight excluding hydrogens is 470 g/mol. The molecule has 4 N–H and O–H groups in total. The number of hydrogen-bond acceptors (Lipinski definition) is 5. The summed E-state index contributed by atoms with van der Waals surface area (Å²) >= 11 is 0. The molecule has 1 aromatic heterocycles. The molecule has 0 fully saturated rings. The lowest BCUT2D eigenvalue weighted by atomic mass is 10.0. The highest BCUT2D eigenvalue weighted by Gasteiger charge is 2.55. The SMILES string of the molecule is CCN(CC(O)(CNC(=O)c1cnn(-c2ccccc2)c1N)C(F)(F)F)C(=O)c1ccccc1F. The molecule has 35 heavy (non-hydrogen) atoms. The predicted molar refractivity (Wildman–Crippen MR) is 119 cm³/mol. The molecular formula is C23H23F4N5O3. The van der Waals surface area contributed by atoms with Crippen molar-refractivity contribution in [1.29, 1.82) is 0 Å². The Kier molecular flexibility index (Phi) is 7.44. The third-order valence-electron chi connectivity index (χ3n) is 5.35. The van der Waals surface area contributed by atoms with E-state index < -0.39 is 48.1 Å². The van der Waals surface area contributed by atoms with E-state index in [1.54, 1.807) is 30.3 Å². The van der Waals surface area contributed by atoms with E-state index in [1.165, 1.54) is 23.7 Å². The summed E-state index contributed by atoms with van der Waals surface area (Å²) < 4.78 is 56.8. The maximum absolute atomic E-state index is 14.0. The number of benzene rings is 2. The van der Waals surface area contributed by atoms with Crippen LogP contribution < -0.4 is 11.1 Å². The van der Waals surface area contributed by atoms with E-state index in [4.69, 9.17) is 5.73 Å². The number of para-hydroxylation sites is 1. The van der Waals surface area contributed by atoms with Gasteiger partial charge in [0.2, 0.25) is 0 Å². The fourth-order valence-corrected chi connectivity index (χ4v) is 3.32. The third kappa shape index (κ3) is 5.43. The van der Waals surface area contributed by atoms with Crippen LogP contribution in [-0.2, 0) is 0 Å². The number of halogens is 4. The van der Waals surface area contributed by atoms with Gasteiger partial charge in [0.05, 0.1) is 30.5 Å². The van der Waals surface area contributed by atoms with Crippen LogP contribution in [0.5, 0.6) is 0 Å². The average Bonchev–Trinajstić information content (AvgIpc) is 3.22. The van der Waals surface area contributed by atoms with E-state index in [9.17, 15) is 32.3 Å². The Bertz CT molecular complexity index is 1200. The van der Waals surface area contributed by atoms with Crippen LogP contribution in [0.15, 0.2) is 60.8 Å². The van der Waals surface area contributed by atoms with Gasteiger partial charge < -0.3 is 21.1 Å². The van der Waals surface area contributed by atoms with Crippen molar-refractivity contribution in [2.24, 2.45) is 0 Å². The number of rotatable bonds is 8. The summed E-state index contributed by atoms with van der Waals surface area (Å²) in [7, 11) is 0. The molecule has 0 saturated heterocycles. The lowest BCUT2D eigenvalue weighted by Gasteiger charge is -2.35. The minimum atomic E-state index is -5.23. The molecule has 3 rings (SSSR count). The first kappa shape index (κ1) is 25.7. The molecule has 1 unspecified atom stereocenters. The van der Waals surface area contributed by atoms with E-state index in [0.29, 0.717) is 10.6 Å². The van der Waals surface area contributed by atoms with E-state index >= 15 is 0 Å². The van der Waals surface area contributed by atoms with Gasteiger partial charge in [0.25, 0.3) is 11.8 Å². The smallest absolute Gasteiger partial charge is 0.383 e. The summed E-state index contributed by atoms with van der Waals surface area (Å²) in [6, 6.07) is 13.3. The van der Waals surface area contributed by atoms with Crippen molar-refractivity contribution in [3.63, 3.8) is 0 Å². The number of aromatic nitrogens is 2. The van der Waals surface area contributed by atoms with Gasteiger partial charge in [-0.1, -0.05) is 30.3 Å². The highest BCUT2D eigenvalue weighted by Crippen LogP contribution is 2.31. The number of aliphatic hydroxyl groups is 1. The Balaban J connectivity index is 1.79. The number of hydrogen-bond donors (Lipinski definition) is 3. The van der Waals surface area contributed by atoms with Crippen LogP contribution in [0.25, 0.3) is 5.69 Å². The van der Waals surface area contributed by atoms with E-state index in [2.05, 4.69) is 5.10 Å². The topological polar surface area (TPSA) is 113 Å². The van der Waals surface area contributed by atoms with Gasteiger partial charge in [-0.15, -0.1) is 0 Å². The van der Waals surface area contributed by atoms with Gasteiger partial charge in [0, 0.05) is 6.54 Å². The molecule has 186 valence electrons. The first-order chi connectivity index (χ1) is 16.5. The van der Waals surface area contributed by atoms with Gasteiger partial charge >= 0.3 is 6.18 Å². The summed E-state index contributed by atoms with van der Waals surface area (Å²) in [5.74, 6) is -3.07. The Morgan fingerprint density at radius 3 is 2.31 bits per heavy atom. The minimum absolute atomic E-state index is 0.117. The molecule has 2 amide bonds. The van der Waals surface area contributed by atoms with Crippen molar-refractivity contribution in [1.82, 2.24) is 20.0 Å². The van der Waals surface area contributed by atoms with Crippen LogP contribution in [0, 0.1) is 5.82 Å². The highest BCUT2D eigenvalue weighted by molar-refractivity contribution is 5.98. The quantitative estimate of drug-likeness (QED) is 0.418. The fraction of sp³-hybridized carbons (Fsp3) is 0.261. The molecule has 0 aliphatic heterocycles. The van der Waals surface area contributed by atoms with Crippen LogP contribution in [0.3, 0.4) is 0 Å². The first-order valence-corrected chi connectivity index (χ1v) is 10.5. The van der Waals surface area contributed by atoms with Gasteiger partial charge in [0.1, 0.15) is 17.2 Å². The highest BCUT2D eigenvalue weighted by atomic mass is 19.4. The Morgan fingerprint density at radius 2 is 1.71 bits per heavy atom. The monoisotopic (exact) mass is 493 g/mol. The second-order valence-corrected chi connectivity index (χ2v) is 7.70. The summed E-state index contributed by atoms with van der Waals surface area (Å²) in [5, 5.41) is 16.5. The molecule has 1 heterocycles. The number of likely N-dealkylation sites (N-methyl/N-ethyl adjacent to an activating group) is 1. The normalized spacial score (nSPS) is 13.2. The van der Waals surface area contributed by atoms with E-state index in [-0.39, 0.29) is 17.9 Å². The maximum atomic E-state index is 14.0. The second-order valence-electron chi connectivity index (χ2n) is 7.70. The molecule has 0 aliphatic rings. The standard InChI is InChI=1S/C23H23F4N5O3/c1-2-31(21(34)16-10-6-7-11-18(16)24)14-22(35,23(25,26)27)13-29-20(33)17-12-30-32(19(17)28)15-8-4-3-5-9-15/h3-12,35H,2,13-14,28H2,1H3,(H,29,33). The number of alkyl halides is 3. The Labute approximate surface area is 198 Å². The lowest BCUT2D eigenvalue weighted by Crippen LogP contribution is -2.60. The molecule has 1 atom stereocenters. The summed E-state index contributed by atoms with van der Waals surface area (Å²) in [5.41, 5.74) is 2.31. The molecule has 2 aromatic carbocycles. The van der Waals surface area contributed by atoms with Crippen LogP contribution >= 0.6 is 0 Å². The van der Waals surface area contributed by atoms with Crippen molar-refractivity contribution in [2.45, 2.75) is 18.7 Å². The second kappa shape index (κ2) is 10.1. The lowest BCUT2D eigenvalue weighted by molar-refractivity contribution is -0.259. The van der Waals surface area contributed by atoms with Gasteiger partial charge in [-0.05, 0) is 31.2 Å². The Hall–Kier alpha value is -3.93. The molecule has 8 nitrogen and oxygen atoms in total. The fourth-order valence-electron chi connectivity index (χ4n) is 3.32. The van der Waals surface area contributed by atoms with Crippen LogP contribution in [0.4, 0.5) is 23.4 Å². The predicted octanol–water partition coefficient (Wildman–Crippen LogP) is 2.78. The number of anilines is 1. The van der Waals surface area contributed by atoms with Gasteiger partial charge in [-0.25, -0.2) is 9.07 Å². The van der Waals surface area contributed by atoms with Crippen LogP contribution in [0.1, 0.15) is 27.6 Å². The average molecular weight is 493 g/mol. The molecule has 12 heteroatoms. The van der Waals surface area contributed by atoms with Crippen molar-refractivity contribution < 1.29 is 32.3 Å². The van der Waals surface area contributed by atoms with Gasteiger partial charge in [-0.3, -0.25) is 9.59 Å². The number of nitrogens with one attached hydrogen (secondary N) is 1.